The zero-order valence-electron chi connectivity index (χ0n) is 12.8. The molecule has 116 valence electrons. The average Bonchev–Trinajstić information content (AvgIpc) is 2.70. The second-order valence-corrected chi connectivity index (χ2v) is 5.68. The molecule has 1 heterocycles. The molecule has 1 saturated heterocycles. The van der Waals surface area contributed by atoms with E-state index in [1.54, 1.807) is 13.0 Å². The van der Waals surface area contributed by atoms with Crippen LogP contribution in [0.2, 0.25) is 0 Å². The third-order valence-corrected chi connectivity index (χ3v) is 3.87. The molecule has 0 spiro atoms. The highest BCUT2D eigenvalue weighted by Gasteiger charge is 2.15. The highest BCUT2D eigenvalue weighted by atomic mass is 19.1. The van der Waals surface area contributed by atoms with Gasteiger partial charge in [-0.3, -0.25) is 9.69 Å². The van der Waals surface area contributed by atoms with Gasteiger partial charge in [-0.25, -0.2) is 4.39 Å². The molecule has 0 radical (unpaired) electrons. The van der Waals surface area contributed by atoms with Crippen molar-refractivity contribution in [2.75, 3.05) is 32.7 Å². The van der Waals surface area contributed by atoms with Crippen molar-refractivity contribution in [3.05, 3.63) is 35.1 Å². The van der Waals surface area contributed by atoms with Gasteiger partial charge in [-0.05, 0) is 50.6 Å². The van der Waals surface area contributed by atoms with Crippen LogP contribution in [-0.2, 0) is 4.79 Å². The van der Waals surface area contributed by atoms with Crippen molar-refractivity contribution in [1.82, 2.24) is 15.5 Å². The van der Waals surface area contributed by atoms with Crippen LogP contribution >= 0.6 is 0 Å². The Hall–Kier alpha value is -1.46. The number of nitrogens with one attached hydrogen (secondary N) is 2. The summed E-state index contributed by atoms with van der Waals surface area (Å²) in [4.78, 5) is 14.2. The first-order chi connectivity index (χ1) is 10.1. The monoisotopic (exact) mass is 293 g/mol. The minimum Gasteiger partial charge on any atom is -0.348 e. The van der Waals surface area contributed by atoms with E-state index in [4.69, 9.17) is 0 Å². The van der Waals surface area contributed by atoms with Crippen LogP contribution in [0.3, 0.4) is 0 Å². The van der Waals surface area contributed by atoms with Gasteiger partial charge in [-0.2, -0.15) is 0 Å². The summed E-state index contributed by atoms with van der Waals surface area (Å²) in [6.07, 6.45) is 1.06. The maximum atomic E-state index is 13.6. The first-order valence-corrected chi connectivity index (χ1v) is 7.55. The van der Waals surface area contributed by atoms with E-state index >= 15 is 0 Å². The lowest BCUT2D eigenvalue weighted by Crippen LogP contribution is -2.39. The number of benzene rings is 1. The van der Waals surface area contributed by atoms with Gasteiger partial charge in [0, 0.05) is 13.1 Å². The van der Waals surface area contributed by atoms with Crippen LogP contribution in [0.4, 0.5) is 4.39 Å². The number of hydrogen-bond acceptors (Lipinski definition) is 3. The van der Waals surface area contributed by atoms with E-state index in [0.29, 0.717) is 12.1 Å². The van der Waals surface area contributed by atoms with E-state index in [2.05, 4.69) is 15.5 Å². The number of nitrogens with zero attached hydrogens (tertiary/aromatic N) is 1. The lowest BCUT2D eigenvalue weighted by atomic mass is 10.1. The fourth-order valence-corrected chi connectivity index (χ4v) is 2.51. The molecule has 21 heavy (non-hydrogen) atoms. The molecule has 2 N–H and O–H groups in total. The van der Waals surface area contributed by atoms with Gasteiger partial charge >= 0.3 is 0 Å². The molecule has 1 unspecified atom stereocenters. The van der Waals surface area contributed by atoms with E-state index in [9.17, 15) is 9.18 Å². The summed E-state index contributed by atoms with van der Waals surface area (Å²) < 4.78 is 13.6. The Bertz CT molecular complexity index is 484. The summed E-state index contributed by atoms with van der Waals surface area (Å²) in [7, 11) is 0. The molecule has 1 aromatic carbocycles. The number of amides is 1. The van der Waals surface area contributed by atoms with Crippen LogP contribution < -0.4 is 10.6 Å². The highest BCUT2D eigenvalue weighted by molar-refractivity contribution is 5.78. The number of halogens is 1. The van der Waals surface area contributed by atoms with E-state index in [1.165, 1.54) is 6.07 Å². The van der Waals surface area contributed by atoms with Crippen molar-refractivity contribution in [2.45, 2.75) is 26.3 Å². The summed E-state index contributed by atoms with van der Waals surface area (Å²) >= 11 is 0. The number of carbonyl (C=O) groups excluding carboxylic acids is 1. The Balaban J connectivity index is 1.87. The van der Waals surface area contributed by atoms with Gasteiger partial charge in [0.2, 0.25) is 5.91 Å². The fourth-order valence-electron chi connectivity index (χ4n) is 2.51. The molecular formula is C16H24FN3O. The van der Waals surface area contributed by atoms with Crippen LogP contribution in [0, 0.1) is 12.7 Å². The number of aryl methyl sites for hydroxylation is 1. The summed E-state index contributed by atoms with van der Waals surface area (Å²) in [6, 6.07) is 4.92. The standard InChI is InChI=1S/C16H24FN3O/c1-12-4-5-14(10-15(12)17)13(2)19-16(21)11-20-8-3-6-18-7-9-20/h4-5,10,13,18H,3,6-9,11H2,1-2H3,(H,19,21). The Kier molecular flexibility index (Phi) is 5.70. The molecule has 1 amide bonds. The van der Waals surface area contributed by atoms with Crippen molar-refractivity contribution in [3.8, 4) is 0 Å². The molecule has 4 nitrogen and oxygen atoms in total. The fraction of sp³-hybridized carbons (Fsp3) is 0.562. The average molecular weight is 293 g/mol. The summed E-state index contributed by atoms with van der Waals surface area (Å²) in [5.41, 5.74) is 1.42. The molecule has 2 rings (SSSR count). The van der Waals surface area contributed by atoms with Crippen LogP contribution in [0.15, 0.2) is 18.2 Å². The van der Waals surface area contributed by atoms with E-state index in [-0.39, 0.29) is 17.8 Å². The molecule has 0 saturated carbocycles. The van der Waals surface area contributed by atoms with Gasteiger partial charge < -0.3 is 10.6 Å². The zero-order valence-corrected chi connectivity index (χ0v) is 12.8. The normalized spacial score (nSPS) is 18.0. The second kappa shape index (κ2) is 7.52. The SMILES string of the molecule is Cc1ccc(C(C)NC(=O)CN2CCCNCC2)cc1F. The Labute approximate surface area is 125 Å². The number of hydrogen-bond donors (Lipinski definition) is 2. The third kappa shape index (κ3) is 4.79. The van der Waals surface area contributed by atoms with Gasteiger partial charge in [0.1, 0.15) is 5.82 Å². The molecular weight excluding hydrogens is 269 g/mol. The van der Waals surface area contributed by atoms with Crippen molar-refractivity contribution in [3.63, 3.8) is 0 Å². The zero-order chi connectivity index (χ0) is 15.2. The summed E-state index contributed by atoms with van der Waals surface area (Å²) in [5.74, 6) is -0.238. The minimum absolute atomic E-state index is 0.00890. The van der Waals surface area contributed by atoms with Crippen LogP contribution in [0.5, 0.6) is 0 Å². The summed E-state index contributed by atoms with van der Waals surface area (Å²) in [6.45, 7) is 7.78. The molecule has 0 bridgehead atoms. The Morgan fingerprint density at radius 3 is 3.00 bits per heavy atom. The molecule has 5 heteroatoms. The molecule has 1 aliphatic heterocycles. The molecule has 0 aliphatic carbocycles. The van der Waals surface area contributed by atoms with Crippen molar-refractivity contribution in [1.29, 1.82) is 0 Å². The number of carbonyl (C=O) groups is 1. The first kappa shape index (κ1) is 15.9. The summed E-state index contributed by atoms with van der Waals surface area (Å²) in [5, 5.41) is 6.26. The predicted octanol–water partition coefficient (Wildman–Crippen LogP) is 1.61. The Morgan fingerprint density at radius 2 is 2.24 bits per heavy atom. The largest absolute Gasteiger partial charge is 0.348 e. The minimum atomic E-state index is -0.229. The van der Waals surface area contributed by atoms with Gasteiger partial charge in [0.15, 0.2) is 0 Å². The van der Waals surface area contributed by atoms with Gasteiger partial charge in [-0.15, -0.1) is 0 Å². The smallest absolute Gasteiger partial charge is 0.234 e. The topological polar surface area (TPSA) is 44.4 Å². The van der Waals surface area contributed by atoms with Gasteiger partial charge in [0.25, 0.3) is 0 Å². The highest BCUT2D eigenvalue weighted by Crippen LogP contribution is 2.16. The first-order valence-electron chi connectivity index (χ1n) is 7.55. The maximum absolute atomic E-state index is 13.6. The van der Waals surface area contributed by atoms with E-state index < -0.39 is 0 Å². The van der Waals surface area contributed by atoms with Crippen molar-refractivity contribution in [2.24, 2.45) is 0 Å². The molecule has 1 aliphatic rings. The van der Waals surface area contributed by atoms with Crippen LogP contribution in [0.25, 0.3) is 0 Å². The molecule has 1 aromatic rings. The predicted molar refractivity (Wildman–Crippen MR) is 81.6 cm³/mol. The molecule has 0 aromatic heterocycles. The lowest BCUT2D eigenvalue weighted by Gasteiger charge is -2.21. The van der Waals surface area contributed by atoms with Crippen molar-refractivity contribution >= 4 is 5.91 Å². The quantitative estimate of drug-likeness (QED) is 0.886. The van der Waals surface area contributed by atoms with E-state index in [1.807, 2.05) is 13.0 Å². The van der Waals surface area contributed by atoms with Crippen LogP contribution in [0.1, 0.15) is 30.5 Å². The maximum Gasteiger partial charge on any atom is 0.234 e. The van der Waals surface area contributed by atoms with Crippen LogP contribution in [-0.4, -0.2) is 43.5 Å². The molecule has 1 fully saturated rings. The van der Waals surface area contributed by atoms with Gasteiger partial charge in [-0.1, -0.05) is 12.1 Å². The second-order valence-electron chi connectivity index (χ2n) is 5.68. The molecule has 1 atom stereocenters. The number of rotatable bonds is 4. The third-order valence-electron chi connectivity index (χ3n) is 3.87. The Morgan fingerprint density at radius 1 is 1.43 bits per heavy atom. The van der Waals surface area contributed by atoms with Crippen molar-refractivity contribution < 1.29 is 9.18 Å². The van der Waals surface area contributed by atoms with Gasteiger partial charge in [0.05, 0.1) is 12.6 Å². The lowest BCUT2D eigenvalue weighted by molar-refractivity contribution is -0.122. The van der Waals surface area contributed by atoms with E-state index in [0.717, 1.165) is 38.2 Å².